The molecule has 0 saturated heterocycles. The SMILES string of the molecule is C=C(CCN(CCNC(=O)Cc1ccccc1)Cc1ccc(/C=C/C(=O)NO)cc1)c1ccccc1N. The fraction of sp³-hybridized carbons (Fsp3) is 0.200. The summed E-state index contributed by atoms with van der Waals surface area (Å²) in [5, 5.41) is 11.6. The highest BCUT2D eigenvalue weighted by Crippen LogP contribution is 2.23. The van der Waals surface area contributed by atoms with Crippen molar-refractivity contribution in [1.82, 2.24) is 15.7 Å². The van der Waals surface area contributed by atoms with Crippen molar-refractivity contribution in [3.8, 4) is 0 Å². The van der Waals surface area contributed by atoms with Crippen molar-refractivity contribution in [1.29, 1.82) is 0 Å². The molecule has 0 atom stereocenters. The van der Waals surface area contributed by atoms with E-state index in [1.165, 1.54) is 6.08 Å². The van der Waals surface area contributed by atoms with Crippen LogP contribution in [0.15, 0.2) is 91.5 Å². The maximum Gasteiger partial charge on any atom is 0.267 e. The Hall–Kier alpha value is -4.20. The van der Waals surface area contributed by atoms with E-state index in [1.807, 2.05) is 78.9 Å². The first-order valence-corrected chi connectivity index (χ1v) is 12.2. The smallest absolute Gasteiger partial charge is 0.267 e. The second-order valence-corrected chi connectivity index (χ2v) is 8.78. The van der Waals surface area contributed by atoms with E-state index in [2.05, 4.69) is 16.8 Å². The molecule has 0 heterocycles. The number of hydroxylamine groups is 1. The van der Waals surface area contributed by atoms with Gasteiger partial charge in [0, 0.05) is 43.5 Å². The average molecular weight is 499 g/mol. The van der Waals surface area contributed by atoms with E-state index >= 15 is 0 Å². The highest BCUT2D eigenvalue weighted by Gasteiger charge is 2.11. The van der Waals surface area contributed by atoms with Gasteiger partial charge in [0.1, 0.15) is 0 Å². The van der Waals surface area contributed by atoms with Gasteiger partial charge >= 0.3 is 0 Å². The van der Waals surface area contributed by atoms with Crippen molar-refractivity contribution in [2.75, 3.05) is 25.4 Å². The summed E-state index contributed by atoms with van der Waals surface area (Å²) in [5.41, 5.74) is 13.3. The van der Waals surface area contributed by atoms with Gasteiger partial charge in [-0.1, -0.05) is 79.4 Å². The van der Waals surface area contributed by atoms with Crippen LogP contribution in [0.2, 0.25) is 0 Å². The molecule has 7 nitrogen and oxygen atoms in total. The van der Waals surface area contributed by atoms with Gasteiger partial charge in [-0.05, 0) is 40.8 Å². The predicted octanol–water partition coefficient (Wildman–Crippen LogP) is 4.05. The zero-order valence-electron chi connectivity index (χ0n) is 20.9. The van der Waals surface area contributed by atoms with Gasteiger partial charge in [-0.2, -0.15) is 0 Å². The van der Waals surface area contributed by atoms with E-state index in [1.54, 1.807) is 11.6 Å². The molecule has 3 rings (SSSR count). The minimum atomic E-state index is -0.580. The van der Waals surface area contributed by atoms with E-state index in [-0.39, 0.29) is 5.91 Å². The molecule has 0 bridgehead atoms. The zero-order valence-corrected chi connectivity index (χ0v) is 20.9. The Kier molecular flexibility index (Phi) is 10.6. The van der Waals surface area contributed by atoms with Crippen LogP contribution >= 0.6 is 0 Å². The van der Waals surface area contributed by atoms with E-state index in [0.717, 1.165) is 40.8 Å². The van der Waals surface area contributed by atoms with Crippen LogP contribution in [0.25, 0.3) is 11.6 Å². The highest BCUT2D eigenvalue weighted by molar-refractivity contribution is 5.90. The van der Waals surface area contributed by atoms with E-state index in [9.17, 15) is 9.59 Å². The largest absolute Gasteiger partial charge is 0.398 e. The number of para-hydroxylation sites is 1. The molecule has 7 heteroatoms. The fourth-order valence-corrected chi connectivity index (χ4v) is 3.92. The third-order valence-corrected chi connectivity index (χ3v) is 5.95. The summed E-state index contributed by atoms with van der Waals surface area (Å²) < 4.78 is 0. The normalized spacial score (nSPS) is 11.0. The molecule has 3 aromatic rings. The molecule has 37 heavy (non-hydrogen) atoms. The highest BCUT2D eigenvalue weighted by atomic mass is 16.5. The number of hydrogen-bond donors (Lipinski definition) is 4. The molecule has 0 aliphatic heterocycles. The summed E-state index contributed by atoms with van der Waals surface area (Å²) in [4.78, 5) is 25.9. The predicted molar refractivity (Wildman–Crippen MR) is 148 cm³/mol. The minimum Gasteiger partial charge on any atom is -0.398 e. The summed E-state index contributed by atoms with van der Waals surface area (Å²) in [6.07, 6.45) is 3.99. The monoisotopic (exact) mass is 498 g/mol. The lowest BCUT2D eigenvalue weighted by molar-refractivity contribution is -0.124. The molecule has 0 aromatic heterocycles. The molecule has 0 aliphatic rings. The van der Waals surface area contributed by atoms with Crippen LogP contribution in [0.4, 0.5) is 5.69 Å². The minimum absolute atomic E-state index is 0.00400. The first-order valence-electron chi connectivity index (χ1n) is 12.2. The van der Waals surface area contributed by atoms with Crippen LogP contribution in [-0.4, -0.2) is 41.6 Å². The number of rotatable bonds is 13. The van der Waals surface area contributed by atoms with Gasteiger partial charge in [0.25, 0.3) is 5.91 Å². The Morgan fingerprint density at radius 3 is 2.32 bits per heavy atom. The second-order valence-electron chi connectivity index (χ2n) is 8.78. The fourth-order valence-electron chi connectivity index (χ4n) is 3.92. The van der Waals surface area contributed by atoms with Crippen LogP contribution in [-0.2, 0) is 22.6 Å². The molecule has 0 spiro atoms. The maximum absolute atomic E-state index is 12.4. The van der Waals surface area contributed by atoms with Crippen LogP contribution in [0.3, 0.4) is 0 Å². The lowest BCUT2D eigenvalue weighted by atomic mass is 10.0. The Balaban J connectivity index is 1.60. The lowest BCUT2D eigenvalue weighted by Gasteiger charge is -2.23. The molecule has 0 unspecified atom stereocenters. The molecule has 0 fully saturated rings. The van der Waals surface area contributed by atoms with Gasteiger partial charge in [0.15, 0.2) is 0 Å². The van der Waals surface area contributed by atoms with Gasteiger partial charge in [-0.15, -0.1) is 0 Å². The summed E-state index contributed by atoms with van der Waals surface area (Å²) in [6, 6.07) is 25.2. The molecule has 2 amide bonds. The van der Waals surface area contributed by atoms with Gasteiger partial charge < -0.3 is 11.1 Å². The Morgan fingerprint density at radius 1 is 0.919 bits per heavy atom. The standard InChI is InChI=1S/C30H34N4O3/c1-23(27-9-5-6-10-28(27)31)17-19-34(20-18-32-30(36)21-25-7-3-2-4-8-25)22-26-13-11-24(12-14-26)15-16-29(35)33-37/h2-16,37H,1,17-22,31H2,(H,32,36)(H,33,35)/b16-15+. The van der Waals surface area contributed by atoms with Gasteiger partial charge in [-0.3, -0.25) is 19.7 Å². The number of nitrogens with one attached hydrogen (secondary N) is 2. The summed E-state index contributed by atoms with van der Waals surface area (Å²) in [6.45, 7) is 6.88. The first kappa shape index (κ1) is 27.4. The molecule has 0 aliphatic carbocycles. The van der Waals surface area contributed by atoms with Gasteiger partial charge in [-0.25, -0.2) is 5.48 Å². The van der Waals surface area contributed by atoms with E-state index in [4.69, 9.17) is 10.9 Å². The zero-order chi connectivity index (χ0) is 26.5. The van der Waals surface area contributed by atoms with Crippen LogP contribution < -0.4 is 16.5 Å². The number of nitrogens with two attached hydrogens (primary N) is 1. The Morgan fingerprint density at radius 2 is 1.62 bits per heavy atom. The Bertz CT molecular complexity index is 1210. The molecule has 3 aromatic carbocycles. The number of benzene rings is 3. The molecule has 0 radical (unpaired) electrons. The summed E-state index contributed by atoms with van der Waals surface area (Å²) in [7, 11) is 0. The number of carbonyl (C=O) groups is 2. The second kappa shape index (κ2) is 14.4. The van der Waals surface area contributed by atoms with Gasteiger partial charge in [0.05, 0.1) is 6.42 Å². The van der Waals surface area contributed by atoms with Crippen molar-refractivity contribution in [2.24, 2.45) is 0 Å². The summed E-state index contributed by atoms with van der Waals surface area (Å²) >= 11 is 0. The van der Waals surface area contributed by atoms with Crippen molar-refractivity contribution in [3.05, 3.63) is 114 Å². The maximum atomic E-state index is 12.4. The number of nitrogen functional groups attached to an aromatic ring is 1. The quantitative estimate of drug-likeness (QED) is 0.123. The molecule has 192 valence electrons. The molecular weight excluding hydrogens is 464 g/mol. The van der Waals surface area contributed by atoms with Crippen molar-refractivity contribution < 1.29 is 14.8 Å². The Labute approximate surface area is 218 Å². The van der Waals surface area contributed by atoms with Crippen molar-refractivity contribution >= 4 is 29.2 Å². The van der Waals surface area contributed by atoms with E-state index in [0.29, 0.717) is 31.7 Å². The third-order valence-electron chi connectivity index (χ3n) is 5.95. The lowest BCUT2D eigenvalue weighted by Crippen LogP contribution is -2.36. The number of amides is 2. The van der Waals surface area contributed by atoms with Crippen LogP contribution in [0.1, 0.15) is 28.7 Å². The first-order chi connectivity index (χ1) is 17.9. The average Bonchev–Trinajstić information content (AvgIpc) is 2.91. The van der Waals surface area contributed by atoms with Crippen molar-refractivity contribution in [3.63, 3.8) is 0 Å². The van der Waals surface area contributed by atoms with Gasteiger partial charge in [0.2, 0.25) is 5.91 Å². The van der Waals surface area contributed by atoms with Crippen LogP contribution in [0, 0.1) is 0 Å². The molecular formula is C30H34N4O3. The summed E-state index contributed by atoms with van der Waals surface area (Å²) in [5.74, 6) is -0.584. The third kappa shape index (κ3) is 9.40. The van der Waals surface area contributed by atoms with E-state index < -0.39 is 5.91 Å². The molecule has 5 N–H and O–H groups in total. The van der Waals surface area contributed by atoms with Crippen molar-refractivity contribution in [2.45, 2.75) is 19.4 Å². The number of carbonyl (C=O) groups excluding carboxylic acids is 2. The number of anilines is 1. The number of nitrogens with zero attached hydrogens (tertiary/aromatic N) is 1. The molecule has 0 saturated carbocycles. The van der Waals surface area contributed by atoms with Crippen LogP contribution in [0.5, 0.6) is 0 Å². The number of hydrogen-bond acceptors (Lipinski definition) is 5. The topological polar surface area (TPSA) is 108 Å².